The maximum atomic E-state index is 13.0. The van der Waals surface area contributed by atoms with Crippen molar-refractivity contribution in [3.63, 3.8) is 0 Å². The molecule has 1 unspecified atom stereocenters. The summed E-state index contributed by atoms with van der Waals surface area (Å²) >= 11 is 5.65. The third-order valence-corrected chi connectivity index (χ3v) is 3.18. The molecule has 2 aromatic rings. The summed E-state index contributed by atoms with van der Waals surface area (Å²) in [6, 6.07) is 8.87. The Bertz CT molecular complexity index is 592. The molecule has 106 valence electrons. The highest BCUT2D eigenvalue weighted by Gasteiger charge is 2.20. The molecule has 1 heterocycles. The minimum absolute atomic E-state index is 0.148. The molecule has 0 bridgehead atoms. The van der Waals surface area contributed by atoms with Crippen molar-refractivity contribution in [2.45, 2.75) is 19.9 Å². The van der Waals surface area contributed by atoms with E-state index in [1.54, 1.807) is 12.1 Å². The number of furan rings is 1. The molecule has 0 aliphatic rings. The standard InChI is InChI=1S/C15H15ClFNO2/c1-9(2)14(10-3-5-11(17)6-4-10)18-15(19)12-7-8-13(16)20-12/h3-9,14H,1-2H3,(H,18,19). The number of rotatable bonds is 4. The molecule has 0 aliphatic carbocycles. The van der Waals surface area contributed by atoms with Crippen molar-refractivity contribution in [3.05, 3.63) is 58.8 Å². The van der Waals surface area contributed by atoms with Gasteiger partial charge in [-0.05, 0) is 47.3 Å². The number of amides is 1. The highest BCUT2D eigenvalue weighted by molar-refractivity contribution is 6.29. The van der Waals surface area contributed by atoms with E-state index in [0.717, 1.165) is 5.56 Å². The van der Waals surface area contributed by atoms with Gasteiger partial charge in [0.15, 0.2) is 11.0 Å². The predicted octanol–water partition coefficient (Wildman–Crippen LogP) is 4.20. The van der Waals surface area contributed by atoms with Gasteiger partial charge in [0.05, 0.1) is 6.04 Å². The molecule has 1 atom stereocenters. The Morgan fingerprint density at radius 1 is 1.20 bits per heavy atom. The molecule has 1 N–H and O–H groups in total. The number of nitrogens with one attached hydrogen (secondary N) is 1. The van der Waals surface area contributed by atoms with Crippen LogP contribution in [-0.2, 0) is 0 Å². The second-order valence-electron chi connectivity index (χ2n) is 4.85. The molecular weight excluding hydrogens is 281 g/mol. The first-order valence-corrected chi connectivity index (χ1v) is 6.67. The van der Waals surface area contributed by atoms with E-state index in [0.29, 0.717) is 0 Å². The fourth-order valence-corrected chi connectivity index (χ4v) is 2.10. The van der Waals surface area contributed by atoms with Gasteiger partial charge in [0.1, 0.15) is 5.82 Å². The van der Waals surface area contributed by atoms with E-state index < -0.39 is 0 Å². The Morgan fingerprint density at radius 2 is 1.85 bits per heavy atom. The van der Waals surface area contributed by atoms with Gasteiger partial charge in [-0.2, -0.15) is 0 Å². The second kappa shape index (κ2) is 6.09. The largest absolute Gasteiger partial charge is 0.440 e. The first kappa shape index (κ1) is 14.6. The molecule has 0 spiro atoms. The Hall–Kier alpha value is -1.81. The molecule has 1 aromatic heterocycles. The molecular formula is C15H15ClFNO2. The second-order valence-corrected chi connectivity index (χ2v) is 5.22. The van der Waals surface area contributed by atoms with E-state index in [-0.39, 0.29) is 34.7 Å². The Morgan fingerprint density at radius 3 is 2.35 bits per heavy atom. The monoisotopic (exact) mass is 295 g/mol. The van der Waals surface area contributed by atoms with Crippen LogP contribution >= 0.6 is 11.6 Å². The van der Waals surface area contributed by atoms with E-state index >= 15 is 0 Å². The van der Waals surface area contributed by atoms with Crippen LogP contribution < -0.4 is 5.32 Å². The van der Waals surface area contributed by atoms with Crippen molar-refractivity contribution in [1.29, 1.82) is 0 Å². The minimum Gasteiger partial charge on any atom is -0.440 e. The smallest absolute Gasteiger partial charge is 0.287 e. The van der Waals surface area contributed by atoms with Crippen molar-refractivity contribution < 1.29 is 13.6 Å². The third kappa shape index (κ3) is 3.39. The van der Waals surface area contributed by atoms with Gasteiger partial charge in [0.2, 0.25) is 0 Å². The summed E-state index contributed by atoms with van der Waals surface area (Å²) in [6.45, 7) is 3.95. The highest BCUT2D eigenvalue weighted by Crippen LogP contribution is 2.23. The van der Waals surface area contributed by atoms with E-state index in [4.69, 9.17) is 16.0 Å². The van der Waals surface area contributed by atoms with Gasteiger partial charge < -0.3 is 9.73 Å². The predicted molar refractivity (Wildman–Crippen MR) is 75.2 cm³/mol. The van der Waals surface area contributed by atoms with Crippen LogP contribution in [0.25, 0.3) is 0 Å². The average molecular weight is 296 g/mol. The zero-order valence-electron chi connectivity index (χ0n) is 11.2. The van der Waals surface area contributed by atoms with Crippen molar-refractivity contribution in [2.75, 3.05) is 0 Å². The summed E-state index contributed by atoms with van der Waals surface area (Å²) in [4.78, 5) is 12.1. The molecule has 3 nitrogen and oxygen atoms in total. The summed E-state index contributed by atoms with van der Waals surface area (Å²) < 4.78 is 18.0. The van der Waals surface area contributed by atoms with Crippen LogP contribution in [0.15, 0.2) is 40.8 Å². The maximum absolute atomic E-state index is 13.0. The molecule has 1 aromatic carbocycles. The fourth-order valence-electron chi connectivity index (χ4n) is 1.95. The topological polar surface area (TPSA) is 42.2 Å². The number of halogens is 2. The Balaban J connectivity index is 2.17. The lowest BCUT2D eigenvalue weighted by Crippen LogP contribution is -2.31. The van der Waals surface area contributed by atoms with Gasteiger partial charge in [-0.25, -0.2) is 4.39 Å². The zero-order valence-corrected chi connectivity index (χ0v) is 11.9. The molecule has 20 heavy (non-hydrogen) atoms. The van der Waals surface area contributed by atoms with Crippen molar-refractivity contribution >= 4 is 17.5 Å². The summed E-state index contributed by atoms with van der Waals surface area (Å²) in [7, 11) is 0. The van der Waals surface area contributed by atoms with Crippen LogP contribution in [0.5, 0.6) is 0 Å². The summed E-state index contributed by atoms with van der Waals surface area (Å²) in [5.41, 5.74) is 0.840. The third-order valence-electron chi connectivity index (χ3n) is 2.98. The maximum Gasteiger partial charge on any atom is 0.287 e. The van der Waals surface area contributed by atoms with E-state index in [1.807, 2.05) is 13.8 Å². The zero-order chi connectivity index (χ0) is 14.7. The minimum atomic E-state index is -0.347. The van der Waals surface area contributed by atoms with Gasteiger partial charge in [-0.3, -0.25) is 4.79 Å². The quantitative estimate of drug-likeness (QED) is 0.918. The van der Waals surface area contributed by atoms with Crippen LogP contribution in [0.4, 0.5) is 4.39 Å². The number of carbonyl (C=O) groups is 1. The van der Waals surface area contributed by atoms with Gasteiger partial charge in [0, 0.05) is 0 Å². The number of carbonyl (C=O) groups excluding carboxylic acids is 1. The lowest BCUT2D eigenvalue weighted by atomic mass is 9.96. The fraction of sp³-hybridized carbons (Fsp3) is 0.267. The van der Waals surface area contributed by atoms with Crippen LogP contribution in [0.3, 0.4) is 0 Å². The lowest BCUT2D eigenvalue weighted by molar-refractivity contribution is 0.0897. The lowest BCUT2D eigenvalue weighted by Gasteiger charge is -2.22. The number of benzene rings is 1. The van der Waals surface area contributed by atoms with E-state index in [2.05, 4.69) is 5.32 Å². The van der Waals surface area contributed by atoms with Crippen LogP contribution in [0.1, 0.15) is 36.0 Å². The van der Waals surface area contributed by atoms with Gasteiger partial charge in [0.25, 0.3) is 5.91 Å². The van der Waals surface area contributed by atoms with E-state index in [9.17, 15) is 9.18 Å². The molecule has 5 heteroatoms. The van der Waals surface area contributed by atoms with Crippen molar-refractivity contribution in [1.82, 2.24) is 5.32 Å². The molecule has 0 saturated carbocycles. The Labute approximate surface area is 121 Å². The Kier molecular flexibility index (Phi) is 4.45. The van der Waals surface area contributed by atoms with E-state index in [1.165, 1.54) is 24.3 Å². The van der Waals surface area contributed by atoms with Crippen LogP contribution in [-0.4, -0.2) is 5.91 Å². The van der Waals surface area contributed by atoms with Gasteiger partial charge >= 0.3 is 0 Å². The summed E-state index contributed by atoms with van der Waals surface area (Å²) in [5.74, 6) is -0.349. The molecule has 0 radical (unpaired) electrons. The first-order valence-electron chi connectivity index (χ1n) is 6.29. The molecule has 2 rings (SSSR count). The summed E-state index contributed by atoms with van der Waals surface area (Å²) in [6.07, 6.45) is 0. The number of hydrogen-bond donors (Lipinski definition) is 1. The van der Waals surface area contributed by atoms with Crippen LogP contribution in [0.2, 0.25) is 5.22 Å². The van der Waals surface area contributed by atoms with Gasteiger partial charge in [-0.15, -0.1) is 0 Å². The SMILES string of the molecule is CC(C)C(NC(=O)c1ccc(Cl)o1)c1ccc(F)cc1. The molecule has 0 fully saturated rings. The molecule has 1 amide bonds. The first-order chi connectivity index (χ1) is 9.47. The van der Waals surface area contributed by atoms with Crippen molar-refractivity contribution in [3.8, 4) is 0 Å². The normalized spacial score (nSPS) is 12.4. The summed E-state index contributed by atoms with van der Waals surface area (Å²) in [5, 5.41) is 3.03. The van der Waals surface area contributed by atoms with Crippen LogP contribution in [0, 0.1) is 11.7 Å². The average Bonchev–Trinajstić information content (AvgIpc) is 2.83. The number of hydrogen-bond acceptors (Lipinski definition) is 2. The highest BCUT2D eigenvalue weighted by atomic mass is 35.5. The molecule has 0 aliphatic heterocycles. The van der Waals surface area contributed by atoms with Crippen molar-refractivity contribution in [2.24, 2.45) is 5.92 Å². The van der Waals surface area contributed by atoms with Gasteiger partial charge in [-0.1, -0.05) is 26.0 Å². The molecule has 0 saturated heterocycles.